The molecule has 2 aromatic carbocycles. The van der Waals surface area contributed by atoms with Crippen LogP contribution >= 0.6 is 0 Å². The fraction of sp³-hybridized carbons (Fsp3) is 0.360. The molecule has 1 heterocycles. The van der Waals surface area contributed by atoms with Crippen LogP contribution in [-0.4, -0.2) is 24.9 Å². The van der Waals surface area contributed by atoms with Crippen molar-refractivity contribution in [3.8, 4) is 11.5 Å². The van der Waals surface area contributed by atoms with E-state index in [-0.39, 0.29) is 36.1 Å². The highest BCUT2D eigenvalue weighted by Gasteiger charge is 2.39. The Kier molecular flexibility index (Phi) is 5.62. The number of Topliss-reactive ketones (excluding diaryl/α,β-unsaturated/α-hetero) is 1. The largest absolute Gasteiger partial charge is 0.493 e. The number of hydrogen-bond acceptors (Lipinski definition) is 4. The molecular formula is C25H27NO4. The number of hydrogen-bond donors (Lipinski definition) is 1. The van der Waals surface area contributed by atoms with E-state index < -0.39 is 0 Å². The first-order valence-electron chi connectivity index (χ1n) is 10.4. The predicted octanol–water partition coefficient (Wildman–Crippen LogP) is 4.49. The van der Waals surface area contributed by atoms with E-state index in [1.807, 2.05) is 62.4 Å². The molecule has 0 fully saturated rings. The van der Waals surface area contributed by atoms with Gasteiger partial charge in [-0.25, -0.2) is 0 Å². The summed E-state index contributed by atoms with van der Waals surface area (Å²) in [5.41, 5.74) is 3.42. The van der Waals surface area contributed by atoms with Gasteiger partial charge in [0.25, 0.3) is 0 Å². The van der Waals surface area contributed by atoms with Crippen molar-refractivity contribution < 1.29 is 19.1 Å². The lowest BCUT2D eigenvalue weighted by Gasteiger charge is -2.35. The van der Waals surface area contributed by atoms with Crippen LogP contribution in [0.5, 0.6) is 11.5 Å². The molecule has 30 heavy (non-hydrogen) atoms. The maximum atomic E-state index is 13.3. The van der Waals surface area contributed by atoms with Gasteiger partial charge in [0.05, 0.1) is 13.2 Å². The summed E-state index contributed by atoms with van der Waals surface area (Å²) in [5, 5.41) is 2.98. The lowest BCUT2D eigenvalue weighted by Crippen LogP contribution is -2.38. The van der Waals surface area contributed by atoms with Crippen molar-refractivity contribution in [2.24, 2.45) is 0 Å². The van der Waals surface area contributed by atoms with E-state index in [0.29, 0.717) is 29.9 Å². The Balaban J connectivity index is 1.77. The summed E-state index contributed by atoms with van der Waals surface area (Å²) in [4.78, 5) is 25.9. The molecule has 0 radical (unpaired) electrons. The minimum Gasteiger partial charge on any atom is -0.493 e. The zero-order chi connectivity index (χ0) is 21.3. The average molecular weight is 405 g/mol. The highest BCUT2D eigenvalue weighted by molar-refractivity contribution is 6.02. The number of benzene rings is 2. The number of carbonyl (C=O) groups excluding carboxylic acids is 2. The molecule has 4 rings (SSSR count). The molecule has 0 saturated heterocycles. The number of nitrogens with one attached hydrogen (secondary N) is 1. The van der Waals surface area contributed by atoms with Gasteiger partial charge in [0, 0.05) is 35.6 Å². The first-order valence-corrected chi connectivity index (χ1v) is 10.4. The highest BCUT2D eigenvalue weighted by atomic mass is 16.5. The van der Waals surface area contributed by atoms with Crippen LogP contribution < -0.4 is 14.8 Å². The summed E-state index contributed by atoms with van der Waals surface area (Å²) in [6.45, 7) is 3.90. The lowest BCUT2D eigenvalue weighted by atomic mass is 9.73. The van der Waals surface area contributed by atoms with Gasteiger partial charge in [-0.1, -0.05) is 42.5 Å². The van der Waals surface area contributed by atoms with E-state index in [1.54, 1.807) is 7.11 Å². The van der Waals surface area contributed by atoms with E-state index in [1.165, 1.54) is 0 Å². The van der Waals surface area contributed by atoms with Crippen molar-refractivity contribution in [3.63, 3.8) is 0 Å². The molecule has 0 aromatic heterocycles. The number of ether oxygens (including phenoxy) is 2. The Labute approximate surface area is 177 Å². The summed E-state index contributed by atoms with van der Waals surface area (Å²) in [6, 6.07) is 15.7. The molecule has 2 aliphatic rings. The van der Waals surface area contributed by atoms with Crippen LogP contribution in [0.15, 0.2) is 59.8 Å². The van der Waals surface area contributed by atoms with Gasteiger partial charge in [0.2, 0.25) is 5.91 Å². The molecule has 5 nitrogen and oxygen atoms in total. The second kappa shape index (κ2) is 8.34. The molecule has 0 spiro atoms. The number of ketones is 1. The first kappa shape index (κ1) is 20.2. The van der Waals surface area contributed by atoms with E-state index in [0.717, 1.165) is 16.8 Å². The number of methoxy groups -OCH3 is 1. The Morgan fingerprint density at radius 1 is 0.967 bits per heavy atom. The van der Waals surface area contributed by atoms with Crippen LogP contribution in [0.3, 0.4) is 0 Å². The van der Waals surface area contributed by atoms with Crippen LogP contribution in [0.2, 0.25) is 0 Å². The van der Waals surface area contributed by atoms with Crippen molar-refractivity contribution in [2.45, 2.75) is 51.0 Å². The second-order valence-corrected chi connectivity index (χ2v) is 8.18. The third-order valence-corrected chi connectivity index (χ3v) is 5.77. The number of allylic oxidation sites excluding steroid dienone is 2. The molecule has 1 N–H and O–H groups in total. The van der Waals surface area contributed by atoms with Gasteiger partial charge in [-0.15, -0.1) is 0 Å². The van der Waals surface area contributed by atoms with E-state index in [4.69, 9.17) is 9.47 Å². The van der Waals surface area contributed by atoms with Crippen molar-refractivity contribution in [2.75, 3.05) is 7.11 Å². The standard InChI is InChI=1S/C25H27NO4/c1-15(2)30-25-18(10-7-11-22(25)29-3)19-14-23(28)26-20-12-17(13-21(27)24(19)20)16-8-5-4-6-9-16/h4-11,15,17,19H,12-14H2,1-3H3,(H,26,28). The van der Waals surface area contributed by atoms with Crippen LogP contribution in [0.4, 0.5) is 0 Å². The van der Waals surface area contributed by atoms with Gasteiger partial charge in [0.15, 0.2) is 17.3 Å². The van der Waals surface area contributed by atoms with Crippen LogP contribution in [0, 0.1) is 0 Å². The summed E-state index contributed by atoms with van der Waals surface area (Å²) >= 11 is 0. The molecule has 2 atom stereocenters. The number of carbonyl (C=O) groups is 2. The third-order valence-electron chi connectivity index (χ3n) is 5.77. The van der Waals surface area contributed by atoms with Gasteiger partial charge in [-0.2, -0.15) is 0 Å². The monoisotopic (exact) mass is 405 g/mol. The van der Waals surface area contributed by atoms with Gasteiger partial charge < -0.3 is 14.8 Å². The molecular weight excluding hydrogens is 378 g/mol. The smallest absolute Gasteiger partial charge is 0.225 e. The van der Waals surface area contributed by atoms with Crippen molar-refractivity contribution in [1.82, 2.24) is 5.32 Å². The van der Waals surface area contributed by atoms with Crippen molar-refractivity contribution in [1.29, 1.82) is 0 Å². The minimum absolute atomic E-state index is 0.0598. The Hall–Kier alpha value is -3.08. The molecule has 2 aromatic rings. The Morgan fingerprint density at radius 2 is 1.73 bits per heavy atom. The molecule has 5 heteroatoms. The van der Waals surface area contributed by atoms with Gasteiger partial charge in [-0.05, 0) is 37.8 Å². The van der Waals surface area contributed by atoms with Crippen LogP contribution in [-0.2, 0) is 9.59 Å². The van der Waals surface area contributed by atoms with E-state index in [9.17, 15) is 9.59 Å². The SMILES string of the molecule is COc1cccc(C2CC(=O)NC3=C2C(=O)CC(c2ccccc2)C3)c1OC(C)C. The number of para-hydroxylation sites is 1. The summed E-state index contributed by atoms with van der Waals surface area (Å²) in [7, 11) is 1.60. The fourth-order valence-electron chi connectivity index (χ4n) is 4.52. The maximum absolute atomic E-state index is 13.3. The number of rotatable bonds is 5. The minimum atomic E-state index is -0.332. The number of amides is 1. The zero-order valence-corrected chi connectivity index (χ0v) is 17.6. The van der Waals surface area contributed by atoms with E-state index in [2.05, 4.69) is 5.32 Å². The maximum Gasteiger partial charge on any atom is 0.225 e. The molecule has 2 unspecified atom stereocenters. The Bertz CT molecular complexity index is 993. The normalized spacial score (nSPS) is 21.3. The topological polar surface area (TPSA) is 64.6 Å². The highest BCUT2D eigenvalue weighted by Crippen LogP contribution is 2.46. The van der Waals surface area contributed by atoms with Gasteiger partial charge >= 0.3 is 0 Å². The molecule has 1 amide bonds. The quantitative estimate of drug-likeness (QED) is 0.796. The summed E-state index contributed by atoms with van der Waals surface area (Å²) in [6.07, 6.45) is 1.26. The fourth-order valence-corrected chi connectivity index (χ4v) is 4.52. The van der Waals surface area contributed by atoms with Crippen molar-refractivity contribution >= 4 is 11.7 Å². The molecule has 0 saturated carbocycles. The lowest BCUT2D eigenvalue weighted by molar-refractivity contribution is -0.122. The van der Waals surface area contributed by atoms with Crippen LogP contribution in [0.1, 0.15) is 56.1 Å². The average Bonchev–Trinajstić information content (AvgIpc) is 2.73. The molecule has 1 aliphatic heterocycles. The second-order valence-electron chi connectivity index (χ2n) is 8.18. The first-order chi connectivity index (χ1) is 14.5. The Morgan fingerprint density at radius 3 is 2.43 bits per heavy atom. The van der Waals surface area contributed by atoms with Gasteiger partial charge in [-0.3, -0.25) is 9.59 Å². The third kappa shape index (κ3) is 3.84. The van der Waals surface area contributed by atoms with E-state index >= 15 is 0 Å². The van der Waals surface area contributed by atoms with Crippen molar-refractivity contribution in [3.05, 3.63) is 70.9 Å². The molecule has 156 valence electrons. The zero-order valence-electron chi connectivity index (χ0n) is 17.6. The van der Waals surface area contributed by atoms with Crippen LogP contribution in [0.25, 0.3) is 0 Å². The summed E-state index contributed by atoms with van der Waals surface area (Å²) < 4.78 is 11.6. The molecule has 1 aliphatic carbocycles. The molecule has 0 bridgehead atoms. The summed E-state index contributed by atoms with van der Waals surface area (Å²) in [5.74, 6) is 0.987. The predicted molar refractivity (Wildman–Crippen MR) is 115 cm³/mol. The van der Waals surface area contributed by atoms with Gasteiger partial charge in [0.1, 0.15) is 0 Å².